The third-order valence-electron chi connectivity index (χ3n) is 6.21. The molecule has 0 bridgehead atoms. The molecule has 1 saturated carbocycles. The smallest absolute Gasteiger partial charge is 0.244 e. The molecular formula is C24H26BrFN2O2. The summed E-state index contributed by atoms with van der Waals surface area (Å²) in [5.74, 6) is 0.0208. The molecule has 6 heteroatoms. The zero-order valence-corrected chi connectivity index (χ0v) is 18.5. The van der Waals surface area contributed by atoms with Gasteiger partial charge in [0.2, 0.25) is 11.8 Å². The lowest BCUT2D eigenvalue weighted by molar-refractivity contribution is -0.136. The third-order valence-corrected chi connectivity index (χ3v) is 6.70. The van der Waals surface area contributed by atoms with Gasteiger partial charge in [-0.15, -0.1) is 0 Å². The van der Waals surface area contributed by atoms with Gasteiger partial charge in [-0.2, -0.15) is 0 Å². The zero-order valence-electron chi connectivity index (χ0n) is 16.9. The Morgan fingerprint density at radius 3 is 2.57 bits per heavy atom. The van der Waals surface area contributed by atoms with Gasteiger partial charge in [-0.3, -0.25) is 9.59 Å². The summed E-state index contributed by atoms with van der Waals surface area (Å²) in [6, 6.07) is 11.4. The van der Waals surface area contributed by atoms with Crippen molar-refractivity contribution in [3.05, 3.63) is 63.9 Å². The molecule has 2 amide bonds. The van der Waals surface area contributed by atoms with E-state index >= 15 is 0 Å². The quantitative estimate of drug-likeness (QED) is 0.609. The Morgan fingerprint density at radius 2 is 1.83 bits per heavy atom. The van der Waals surface area contributed by atoms with Gasteiger partial charge in [-0.25, -0.2) is 4.39 Å². The Balaban J connectivity index is 1.67. The number of carbonyl (C=O) groups excluding carboxylic acids is 2. The molecule has 158 valence electrons. The summed E-state index contributed by atoms with van der Waals surface area (Å²) in [7, 11) is 0. The summed E-state index contributed by atoms with van der Waals surface area (Å²) in [6.07, 6.45) is 7.43. The number of hydrogen-bond donors (Lipinski definition) is 1. The Bertz CT molecular complexity index is 925. The van der Waals surface area contributed by atoms with Crippen LogP contribution in [0, 0.1) is 11.7 Å². The molecule has 30 heavy (non-hydrogen) atoms. The first-order valence-electron chi connectivity index (χ1n) is 10.7. The van der Waals surface area contributed by atoms with Crippen LogP contribution in [0.1, 0.15) is 62.1 Å². The zero-order chi connectivity index (χ0) is 21.1. The summed E-state index contributed by atoms with van der Waals surface area (Å²) in [6.45, 7) is -0.0160. The molecule has 0 radical (unpaired) electrons. The molecular weight excluding hydrogens is 447 g/mol. The van der Waals surface area contributed by atoms with Gasteiger partial charge in [-0.05, 0) is 48.2 Å². The van der Waals surface area contributed by atoms with Crippen LogP contribution in [0.3, 0.4) is 0 Å². The maximum Gasteiger partial charge on any atom is 0.244 e. The van der Waals surface area contributed by atoms with E-state index in [9.17, 15) is 14.0 Å². The van der Waals surface area contributed by atoms with E-state index in [-0.39, 0.29) is 24.2 Å². The second-order valence-corrected chi connectivity index (χ2v) is 9.21. The summed E-state index contributed by atoms with van der Waals surface area (Å²) in [4.78, 5) is 27.6. The molecule has 2 aliphatic rings. The highest BCUT2D eigenvalue weighted by Crippen LogP contribution is 2.38. The van der Waals surface area contributed by atoms with E-state index in [4.69, 9.17) is 0 Å². The molecule has 2 aromatic carbocycles. The summed E-state index contributed by atoms with van der Waals surface area (Å²) >= 11 is 3.51. The first kappa shape index (κ1) is 21.0. The van der Waals surface area contributed by atoms with Crippen LogP contribution in [0.15, 0.2) is 46.9 Å². The predicted octanol–water partition coefficient (Wildman–Crippen LogP) is 5.82. The normalized spacial score (nSPS) is 19.7. The number of nitrogens with zero attached hydrogens (tertiary/aromatic N) is 1. The highest BCUT2D eigenvalue weighted by atomic mass is 79.9. The highest BCUT2D eigenvalue weighted by Gasteiger charge is 2.33. The number of fused-ring (bicyclic) bond motifs is 1. The summed E-state index contributed by atoms with van der Waals surface area (Å²) < 4.78 is 14.4. The van der Waals surface area contributed by atoms with Gasteiger partial charge in [0.1, 0.15) is 12.4 Å². The number of amides is 2. The molecule has 1 fully saturated rings. The molecule has 1 aliphatic heterocycles. The van der Waals surface area contributed by atoms with Gasteiger partial charge in [-0.1, -0.05) is 60.2 Å². The van der Waals surface area contributed by atoms with Crippen molar-refractivity contribution in [3.8, 4) is 0 Å². The minimum atomic E-state index is -0.448. The Hall–Kier alpha value is -2.21. The van der Waals surface area contributed by atoms with E-state index in [1.54, 1.807) is 17.0 Å². The summed E-state index contributed by atoms with van der Waals surface area (Å²) in [5, 5.41) is 2.92. The number of carbonyl (C=O) groups is 2. The maximum absolute atomic E-state index is 13.6. The Labute approximate surface area is 185 Å². The van der Waals surface area contributed by atoms with Crippen molar-refractivity contribution < 1.29 is 14.0 Å². The molecule has 1 N–H and O–H groups in total. The molecule has 0 spiro atoms. The van der Waals surface area contributed by atoms with Crippen LogP contribution in [0.5, 0.6) is 0 Å². The molecule has 0 saturated heterocycles. The first-order valence-corrected chi connectivity index (χ1v) is 11.4. The van der Waals surface area contributed by atoms with Crippen molar-refractivity contribution in [2.75, 3.05) is 11.9 Å². The number of rotatable bonds is 4. The van der Waals surface area contributed by atoms with Crippen LogP contribution in [0.25, 0.3) is 0 Å². The van der Waals surface area contributed by atoms with Crippen molar-refractivity contribution >= 4 is 33.4 Å². The van der Waals surface area contributed by atoms with E-state index in [0.717, 1.165) is 22.0 Å². The topological polar surface area (TPSA) is 49.4 Å². The average Bonchev–Trinajstić information content (AvgIpc) is 2.89. The second-order valence-electron chi connectivity index (χ2n) is 8.30. The minimum absolute atomic E-state index is 0.0160. The second kappa shape index (κ2) is 9.29. The standard InChI is InChI=1S/C24H26BrFN2O2/c25-18-9-12-21-20(14-18)24(17-7-10-19(26)11-8-17)28(15-22(29)27-21)23(30)13-6-16-4-2-1-3-5-16/h7-12,14,16,24H,1-6,13,15H2,(H,27,29). The Kier molecular flexibility index (Phi) is 6.52. The lowest BCUT2D eigenvalue weighted by atomic mass is 9.86. The lowest BCUT2D eigenvalue weighted by Gasteiger charge is -2.31. The van der Waals surface area contributed by atoms with Gasteiger partial charge in [0.25, 0.3) is 0 Å². The third kappa shape index (κ3) is 4.75. The largest absolute Gasteiger partial charge is 0.324 e. The van der Waals surface area contributed by atoms with E-state index in [1.165, 1.54) is 44.2 Å². The van der Waals surface area contributed by atoms with Gasteiger partial charge in [0.05, 0.1) is 6.04 Å². The van der Waals surface area contributed by atoms with E-state index in [2.05, 4.69) is 21.2 Å². The molecule has 4 nitrogen and oxygen atoms in total. The molecule has 1 unspecified atom stereocenters. The van der Waals surface area contributed by atoms with E-state index in [1.807, 2.05) is 18.2 Å². The van der Waals surface area contributed by atoms with Gasteiger partial charge in [0, 0.05) is 22.1 Å². The van der Waals surface area contributed by atoms with Crippen LogP contribution in [0.2, 0.25) is 0 Å². The van der Waals surface area contributed by atoms with Crippen LogP contribution in [0.4, 0.5) is 10.1 Å². The van der Waals surface area contributed by atoms with E-state index < -0.39 is 6.04 Å². The molecule has 2 aromatic rings. The number of halogens is 2. The number of nitrogens with one attached hydrogen (secondary N) is 1. The molecule has 1 atom stereocenters. The lowest BCUT2D eigenvalue weighted by Crippen LogP contribution is -2.39. The Morgan fingerprint density at radius 1 is 1.10 bits per heavy atom. The number of hydrogen-bond acceptors (Lipinski definition) is 2. The molecule has 0 aromatic heterocycles. The van der Waals surface area contributed by atoms with Crippen LogP contribution in [-0.2, 0) is 9.59 Å². The van der Waals surface area contributed by atoms with Gasteiger partial charge < -0.3 is 10.2 Å². The van der Waals surface area contributed by atoms with Crippen LogP contribution >= 0.6 is 15.9 Å². The van der Waals surface area contributed by atoms with Crippen LogP contribution < -0.4 is 5.32 Å². The first-order chi connectivity index (χ1) is 14.5. The average molecular weight is 473 g/mol. The molecule has 4 rings (SSSR count). The fourth-order valence-electron chi connectivity index (χ4n) is 4.66. The number of benzene rings is 2. The predicted molar refractivity (Wildman–Crippen MR) is 119 cm³/mol. The fraction of sp³-hybridized carbons (Fsp3) is 0.417. The highest BCUT2D eigenvalue weighted by molar-refractivity contribution is 9.10. The summed E-state index contributed by atoms with van der Waals surface area (Å²) in [5.41, 5.74) is 2.30. The monoisotopic (exact) mass is 472 g/mol. The SMILES string of the molecule is O=C1CN(C(=O)CCC2CCCCC2)C(c2ccc(F)cc2)c2cc(Br)ccc2N1. The van der Waals surface area contributed by atoms with Crippen molar-refractivity contribution in [1.82, 2.24) is 4.90 Å². The van der Waals surface area contributed by atoms with Crippen molar-refractivity contribution in [2.24, 2.45) is 5.92 Å². The van der Waals surface area contributed by atoms with Crippen molar-refractivity contribution in [3.63, 3.8) is 0 Å². The fourth-order valence-corrected chi connectivity index (χ4v) is 5.04. The van der Waals surface area contributed by atoms with Gasteiger partial charge >= 0.3 is 0 Å². The van der Waals surface area contributed by atoms with Crippen molar-refractivity contribution in [2.45, 2.75) is 51.0 Å². The van der Waals surface area contributed by atoms with Gasteiger partial charge in [0.15, 0.2) is 0 Å². The number of anilines is 1. The maximum atomic E-state index is 13.6. The molecule has 1 aliphatic carbocycles. The minimum Gasteiger partial charge on any atom is -0.324 e. The van der Waals surface area contributed by atoms with Crippen molar-refractivity contribution in [1.29, 1.82) is 0 Å². The van der Waals surface area contributed by atoms with Crippen LogP contribution in [-0.4, -0.2) is 23.3 Å². The van der Waals surface area contributed by atoms with E-state index in [0.29, 0.717) is 18.0 Å². The molecule has 1 heterocycles.